The van der Waals surface area contributed by atoms with E-state index in [1.807, 2.05) is 0 Å². The van der Waals surface area contributed by atoms with Crippen molar-refractivity contribution in [2.45, 2.75) is 58.4 Å². The molecule has 15 heavy (non-hydrogen) atoms. The van der Waals surface area contributed by atoms with Crippen molar-refractivity contribution in [1.29, 1.82) is 0 Å². The maximum Gasteiger partial charge on any atom is 0.00975 e. The Morgan fingerprint density at radius 1 is 1.27 bits per heavy atom. The lowest BCUT2D eigenvalue weighted by Gasteiger charge is -2.24. The molecule has 0 aromatic carbocycles. The predicted molar refractivity (Wildman–Crippen MR) is 67.0 cm³/mol. The topological polar surface area (TPSA) is 29.3 Å². The van der Waals surface area contributed by atoms with Crippen molar-refractivity contribution in [1.82, 2.24) is 4.90 Å². The van der Waals surface area contributed by atoms with E-state index in [1.54, 1.807) is 0 Å². The molecule has 1 saturated carbocycles. The number of nitrogens with two attached hydrogens (primary N) is 1. The van der Waals surface area contributed by atoms with Gasteiger partial charge in [-0.15, -0.1) is 0 Å². The molecule has 1 aliphatic carbocycles. The van der Waals surface area contributed by atoms with Gasteiger partial charge < -0.3 is 10.6 Å². The summed E-state index contributed by atoms with van der Waals surface area (Å²) in [5.74, 6) is 1.02. The van der Waals surface area contributed by atoms with Crippen LogP contribution in [0.15, 0.2) is 0 Å². The van der Waals surface area contributed by atoms with Gasteiger partial charge in [-0.05, 0) is 65.0 Å². The van der Waals surface area contributed by atoms with Gasteiger partial charge in [0.1, 0.15) is 0 Å². The van der Waals surface area contributed by atoms with Gasteiger partial charge in [0.25, 0.3) is 0 Å². The fraction of sp³-hybridized carbons (Fsp3) is 1.00. The van der Waals surface area contributed by atoms with Crippen LogP contribution in [0.2, 0.25) is 0 Å². The highest BCUT2D eigenvalue weighted by Gasteiger charge is 2.23. The van der Waals surface area contributed by atoms with Crippen LogP contribution in [0.5, 0.6) is 0 Å². The molecule has 0 spiro atoms. The summed E-state index contributed by atoms with van der Waals surface area (Å²) < 4.78 is 0. The first-order valence-corrected chi connectivity index (χ1v) is 6.52. The van der Waals surface area contributed by atoms with Crippen LogP contribution >= 0.6 is 0 Å². The van der Waals surface area contributed by atoms with Gasteiger partial charge in [-0.25, -0.2) is 0 Å². The molecule has 2 N–H and O–H groups in total. The summed E-state index contributed by atoms with van der Waals surface area (Å²) in [6, 6.07) is 0. The average molecular weight is 212 g/mol. The van der Waals surface area contributed by atoms with Crippen LogP contribution < -0.4 is 5.73 Å². The van der Waals surface area contributed by atoms with Crippen molar-refractivity contribution >= 4 is 0 Å². The van der Waals surface area contributed by atoms with E-state index in [2.05, 4.69) is 25.7 Å². The quantitative estimate of drug-likeness (QED) is 0.670. The molecule has 1 aliphatic rings. The van der Waals surface area contributed by atoms with Gasteiger partial charge in [-0.2, -0.15) is 0 Å². The van der Waals surface area contributed by atoms with Crippen molar-refractivity contribution < 1.29 is 0 Å². The second kappa shape index (κ2) is 5.86. The summed E-state index contributed by atoms with van der Waals surface area (Å²) in [7, 11) is 0. The third-order valence-electron chi connectivity index (χ3n) is 3.05. The van der Waals surface area contributed by atoms with E-state index < -0.39 is 0 Å². The highest BCUT2D eigenvalue weighted by atomic mass is 15.1. The van der Waals surface area contributed by atoms with E-state index in [9.17, 15) is 0 Å². The zero-order valence-corrected chi connectivity index (χ0v) is 10.8. The van der Waals surface area contributed by atoms with Crippen molar-refractivity contribution in [3.63, 3.8) is 0 Å². The normalized spacial score (nSPS) is 17.4. The van der Waals surface area contributed by atoms with Gasteiger partial charge in [0.2, 0.25) is 0 Å². The van der Waals surface area contributed by atoms with E-state index in [-0.39, 0.29) is 5.54 Å². The van der Waals surface area contributed by atoms with Crippen LogP contribution in [0.4, 0.5) is 0 Å². The highest BCUT2D eigenvalue weighted by Crippen LogP contribution is 2.29. The van der Waals surface area contributed by atoms with Gasteiger partial charge in [-0.3, -0.25) is 0 Å². The lowest BCUT2D eigenvalue weighted by atomic mass is 10.00. The largest absolute Gasteiger partial charge is 0.326 e. The third-order valence-corrected chi connectivity index (χ3v) is 3.05. The molecule has 0 amide bonds. The molecular formula is C13H28N2. The number of rotatable bonds is 8. The van der Waals surface area contributed by atoms with E-state index in [4.69, 9.17) is 5.73 Å². The van der Waals surface area contributed by atoms with E-state index in [1.165, 1.54) is 45.3 Å². The fourth-order valence-electron chi connectivity index (χ4n) is 2.03. The lowest BCUT2D eigenvalue weighted by Crippen LogP contribution is -2.34. The molecule has 0 atom stereocenters. The molecule has 1 fully saturated rings. The van der Waals surface area contributed by atoms with Crippen molar-refractivity contribution in [2.24, 2.45) is 11.7 Å². The summed E-state index contributed by atoms with van der Waals surface area (Å²) >= 11 is 0. The van der Waals surface area contributed by atoms with Gasteiger partial charge in [0.15, 0.2) is 0 Å². The summed E-state index contributed by atoms with van der Waals surface area (Å²) in [5, 5.41) is 0. The van der Waals surface area contributed by atoms with Gasteiger partial charge >= 0.3 is 0 Å². The molecule has 2 nitrogen and oxygen atoms in total. The molecule has 0 bridgehead atoms. The summed E-state index contributed by atoms with van der Waals surface area (Å²) in [6.07, 6.45) is 6.58. The van der Waals surface area contributed by atoms with Gasteiger partial charge in [0, 0.05) is 12.1 Å². The Kier molecular flexibility index (Phi) is 5.07. The van der Waals surface area contributed by atoms with Crippen LogP contribution in [0.1, 0.15) is 52.9 Å². The second-order valence-corrected chi connectivity index (χ2v) is 5.84. The number of hydrogen-bond donors (Lipinski definition) is 1. The van der Waals surface area contributed by atoms with Crippen molar-refractivity contribution in [3.05, 3.63) is 0 Å². The average Bonchev–Trinajstić information content (AvgIpc) is 2.86. The molecule has 90 valence electrons. The lowest BCUT2D eigenvalue weighted by molar-refractivity contribution is 0.250. The zero-order valence-electron chi connectivity index (χ0n) is 10.8. The molecule has 0 aliphatic heterocycles. The maximum atomic E-state index is 5.99. The fourth-order valence-corrected chi connectivity index (χ4v) is 2.03. The number of hydrogen-bond acceptors (Lipinski definition) is 2. The smallest absolute Gasteiger partial charge is 0.00975 e. The standard InChI is InChI=1S/C13H28N2/c1-4-9-15(11-12-6-7-12)10-5-8-13(2,3)14/h12H,4-11,14H2,1-3H3. The van der Waals surface area contributed by atoms with E-state index in [0.29, 0.717) is 0 Å². The Morgan fingerprint density at radius 3 is 2.40 bits per heavy atom. The molecule has 0 radical (unpaired) electrons. The molecule has 0 heterocycles. The van der Waals surface area contributed by atoms with Crippen molar-refractivity contribution in [2.75, 3.05) is 19.6 Å². The van der Waals surface area contributed by atoms with Crippen LogP contribution in [0.25, 0.3) is 0 Å². The second-order valence-electron chi connectivity index (χ2n) is 5.84. The molecule has 1 rings (SSSR count). The Bertz CT molecular complexity index is 168. The van der Waals surface area contributed by atoms with Crippen LogP contribution in [0.3, 0.4) is 0 Å². The molecule has 0 aromatic heterocycles. The summed E-state index contributed by atoms with van der Waals surface area (Å²) in [6.45, 7) is 10.4. The Hall–Kier alpha value is -0.0800. The van der Waals surface area contributed by atoms with Crippen LogP contribution in [-0.4, -0.2) is 30.1 Å². The van der Waals surface area contributed by atoms with Crippen molar-refractivity contribution in [3.8, 4) is 0 Å². The third kappa shape index (κ3) is 6.91. The SMILES string of the molecule is CCCN(CCCC(C)(C)N)CC1CC1. The Labute approximate surface area is 95.2 Å². The minimum absolute atomic E-state index is 0.0114. The highest BCUT2D eigenvalue weighted by molar-refractivity contribution is 4.78. The molecular weight excluding hydrogens is 184 g/mol. The van der Waals surface area contributed by atoms with Crippen LogP contribution in [-0.2, 0) is 0 Å². The van der Waals surface area contributed by atoms with Gasteiger partial charge in [-0.1, -0.05) is 6.92 Å². The molecule has 0 unspecified atom stereocenters. The number of nitrogens with zero attached hydrogens (tertiary/aromatic N) is 1. The molecule has 0 saturated heterocycles. The summed E-state index contributed by atoms with van der Waals surface area (Å²) in [5.41, 5.74) is 6.00. The Balaban J connectivity index is 2.12. The molecule has 0 aromatic rings. The minimum atomic E-state index is 0.0114. The first kappa shape index (κ1) is 13.0. The molecule has 2 heteroatoms. The predicted octanol–water partition coefficient (Wildman–Crippen LogP) is 2.63. The Morgan fingerprint density at radius 2 is 1.93 bits per heavy atom. The maximum absolute atomic E-state index is 5.99. The van der Waals surface area contributed by atoms with Gasteiger partial charge in [0.05, 0.1) is 0 Å². The summed E-state index contributed by atoms with van der Waals surface area (Å²) in [4.78, 5) is 2.63. The minimum Gasteiger partial charge on any atom is -0.326 e. The van der Waals surface area contributed by atoms with Crippen LogP contribution in [0, 0.1) is 5.92 Å². The monoisotopic (exact) mass is 212 g/mol. The zero-order chi connectivity index (χ0) is 11.3. The first-order chi connectivity index (χ1) is 7.01. The van der Waals surface area contributed by atoms with E-state index in [0.717, 1.165) is 12.3 Å². The first-order valence-electron chi connectivity index (χ1n) is 6.52. The van der Waals surface area contributed by atoms with E-state index >= 15 is 0 Å².